The van der Waals surface area contributed by atoms with Gasteiger partial charge in [-0.25, -0.2) is 4.39 Å². The van der Waals surface area contributed by atoms with E-state index < -0.39 is 0 Å². The number of ether oxygens (including phenoxy) is 2. The lowest BCUT2D eigenvalue weighted by atomic mass is 10.2. The number of amides is 1. The highest BCUT2D eigenvalue weighted by molar-refractivity contribution is 5.77. The quantitative estimate of drug-likeness (QED) is 0.864. The van der Waals surface area contributed by atoms with Gasteiger partial charge in [-0.05, 0) is 18.2 Å². The Hall–Kier alpha value is -1.66. The summed E-state index contributed by atoms with van der Waals surface area (Å²) < 4.78 is 23.6. The number of morpholine rings is 1. The van der Waals surface area contributed by atoms with Gasteiger partial charge in [0.1, 0.15) is 11.6 Å². The standard InChI is InChI=1S/C13H17FN2O3/c14-11-1-2-12(10(7-11)8-15)19-9-13(17)16-3-5-18-6-4-16/h1-2,7H,3-6,8-9,15H2. The molecule has 104 valence electrons. The van der Waals surface area contributed by atoms with Gasteiger partial charge in [0.2, 0.25) is 0 Å². The summed E-state index contributed by atoms with van der Waals surface area (Å²) in [6.07, 6.45) is 0. The first-order valence-electron chi connectivity index (χ1n) is 6.17. The third-order valence-electron chi connectivity index (χ3n) is 2.96. The van der Waals surface area contributed by atoms with Crippen molar-refractivity contribution in [1.82, 2.24) is 4.90 Å². The largest absolute Gasteiger partial charge is 0.483 e. The maximum Gasteiger partial charge on any atom is 0.260 e. The zero-order valence-electron chi connectivity index (χ0n) is 10.6. The fourth-order valence-electron chi connectivity index (χ4n) is 1.89. The van der Waals surface area contributed by atoms with Crippen LogP contribution in [0.4, 0.5) is 4.39 Å². The van der Waals surface area contributed by atoms with Gasteiger partial charge in [0.05, 0.1) is 13.2 Å². The van der Waals surface area contributed by atoms with E-state index in [1.807, 2.05) is 0 Å². The van der Waals surface area contributed by atoms with E-state index in [-0.39, 0.29) is 24.9 Å². The Kier molecular flexibility index (Phi) is 4.70. The molecule has 0 radical (unpaired) electrons. The van der Waals surface area contributed by atoms with Crippen LogP contribution in [0.3, 0.4) is 0 Å². The van der Waals surface area contributed by atoms with Crippen LogP contribution in [0.25, 0.3) is 0 Å². The molecular weight excluding hydrogens is 251 g/mol. The molecule has 6 heteroatoms. The van der Waals surface area contributed by atoms with Gasteiger partial charge in [-0.1, -0.05) is 0 Å². The highest BCUT2D eigenvalue weighted by Gasteiger charge is 2.17. The molecule has 0 atom stereocenters. The molecule has 1 amide bonds. The summed E-state index contributed by atoms with van der Waals surface area (Å²) in [4.78, 5) is 13.6. The zero-order valence-corrected chi connectivity index (χ0v) is 10.6. The first-order valence-corrected chi connectivity index (χ1v) is 6.17. The predicted molar refractivity (Wildman–Crippen MR) is 67.2 cm³/mol. The van der Waals surface area contributed by atoms with E-state index in [1.54, 1.807) is 4.90 Å². The number of carbonyl (C=O) groups is 1. The lowest BCUT2D eigenvalue weighted by Gasteiger charge is -2.26. The van der Waals surface area contributed by atoms with Crippen LogP contribution in [0.2, 0.25) is 0 Å². The minimum absolute atomic E-state index is 0.0708. The normalized spacial score (nSPS) is 15.4. The molecule has 2 rings (SSSR count). The third-order valence-corrected chi connectivity index (χ3v) is 2.96. The molecule has 1 fully saturated rings. The molecule has 0 unspecified atom stereocenters. The van der Waals surface area contributed by atoms with Crippen LogP contribution in [-0.4, -0.2) is 43.7 Å². The lowest BCUT2D eigenvalue weighted by molar-refractivity contribution is -0.137. The van der Waals surface area contributed by atoms with Gasteiger partial charge in [-0.15, -0.1) is 0 Å². The van der Waals surface area contributed by atoms with Crippen LogP contribution in [0.5, 0.6) is 5.75 Å². The van der Waals surface area contributed by atoms with Gasteiger partial charge >= 0.3 is 0 Å². The molecule has 2 N–H and O–H groups in total. The number of benzene rings is 1. The topological polar surface area (TPSA) is 64.8 Å². The van der Waals surface area contributed by atoms with Gasteiger partial charge < -0.3 is 20.1 Å². The Balaban J connectivity index is 1.92. The number of halogens is 1. The third kappa shape index (κ3) is 3.65. The highest BCUT2D eigenvalue weighted by atomic mass is 19.1. The van der Waals surface area contributed by atoms with Gasteiger partial charge in [-0.3, -0.25) is 4.79 Å². The molecular formula is C13H17FN2O3. The molecule has 1 aromatic rings. The van der Waals surface area contributed by atoms with Crippen molar-refractivity contribution in [2.75, 3.05) is 32.9 Å². The molecule has 19 heavy (non-hydrogen) atoms. The Bertz CT molecular complexity index is 448. The molecule has 0 bridgehead atoms. The summed E-state index contributed by atoms with van der Waals surface area (Å²) in [5, 5.41) is 0. The predicted octanol–water partition coefficient (Wildman–Crippen LogP) is 0.522. The Morgan fingerprint density at radius 3 is 2.84 bits per heavy atom. The number of hydrogen-bond acceptors (Lipinski definition) is 4. The van der Waals surface area contributed by atoms with E-state index in [4.69, 9.17) is 15.2 Å². The van der Waals surface area contributed by atoms with Crippen molar-refractivity contribution in [2.45, 2.75) is 6.54 Å². The van der Waals surface area contributed by atoms with Crippen LogP contribution >= 0.6 is 0 Å². The van der Waals surface area contributed by atoms with E-state index in [0.29, 0.717) is 37.6 Å². The minimum Gasteiger partial charge on any atom is -0.483 e. The van der Waals surface area contributed by atoms with Crippen molar-refractivity contribution in [3.05, 3.63) is 29.6 Å². The van der Waals surface area contributed by atoms with Gasteiger partial charge in [0, 0.05) is 25.2 Å². The van der Waals surface area contributed by atoms with Crippen LogP contribution < -0.4 is 10.5 Å². The molecule has 1 aliphatic heterocycles. The van der Waals surface area contributed by atoms with E-state index in [1.165, 1.54) is 18.2 Å². The van der Waals surface area contributed by atoms with Crippen molar-refractivity contribution in [1.29, 1.82) is 0 Å². The van der Waals surface area contributed by atoms with Crippen molar-refractivity contribution in [3.63, 3.8) is 0 Å². The average Bonchev–Trinajstić information content (AvgIpc) is 2.46. The van der Waals surface area contributed by atoms with Gasteiger partial charge in [0.25, 0.3) is 5.91 Å². The summed E-state index contributed by atoms with van der Waals surface area (Å²) in [7, 11) is 0. The molecule has 1 heterocycles. The second-order valence-electron chi connectivity index (χ2n) is 4.24. The maximum absolute atomic E-state index is 13.0. The van der Waals surface area contributed by atoms with Crippen molar-refractivity contribution in [2.24, 2.45) is 5.73 Å². The van der Waals surface area contributed by atoms with Gasteiger partial charge in [0.15, 0.2) is 6.61 Å². The number of hydrogen-bond donors (Lipinski definition) is 1. The summed E-state index contributed by atoms with van der Waals surface area (Å²) in [5.41, 5.74) is 6.06. The lowest BCUT2D eigenvalue weighted by Crippen LogP contribution is -2.43. The van der Waals surface area contributed by atoms with Gasteiger partial charge in [-0.2, -0.15) is 0 Å². The highest BCUT2D eigenvalue weighted by Crippen LogP contribution is 2.19. The number of rotatable bonds is 4. The number of carbonyl (C=O) groups excluding carboxylic acids is 1. The van der Waals surface area contributed by atoms with Crippen LogP contribution in [0.15, 0.2) is 18.2 Å². The van der Waals surface area contributed by atoms with Crippen molar-refractivity contribution >= 4 is 5.91 Å². The monoisotopic (exact) mass is 268 g/mol. The van der Waals surface area contributed by atoms with E-state index in [2.05, 4.69) is 0 Å². The molecule has 5 nitrogen and oxygen atoms in total. The SMILES string of the molecule is NCc1cc(F)ccc1OCC(=O)N1CCOCC1. The van der Waals surface area contributed by atoms with E-state index in [9.17, 15) is 9.18 Å². The minimum atomic E-state index is -0.368. The molecule has 0 aliphatic carbocycles. The smallest absolute Gasteiger partial charge is 0.260 e. The number of nitrogens with two attached hydrogens (primary N) is 1. The second-order valence-corrected chi connectivity index (χ2v) is 4.24. The zero-order chi connectivity index (χ0) is 13.7. The van der Waals surface area contributed by atoms with Crippen LogP contribution in [0.1, 0.15) is 5.56 Å². The maximum atomic E-state index is 13.0. The number of nitrogens with zero attached hydrogens (tertiary/aromatic N) is 1. The Morgan fingerprint density at radius 2 is 2.16 bits per heavy atom. The summed E-state index contributed by atoms with van der Waals surface area (Å²) in [5.74, 6) is -0.0200. The first kappa shape index (κ1) is 13.8. The molecule has 1 aromatic carbocycles. The van der Waals surface area contributed by atoms with E-state index >= 15 is 0 Å². The van der Waals surface area contributed by atoms with Crippen molar-refractivity contribution in [3.8, 4) is 5.75 Å². The fourth-order valence-corrected chi connectivity index (χ4v) is 1.89. The van der Waals surface area contributed by atoms with Crippen LogP contribution in [0, 0.1) is 5.82 Å². The van der Waals surface area contributed by atoms with Crippen LogP contribution in [-0.2, 0) is 16.1 Å². The summed E-state index contributed by atoms with van der Waals surface area (Å²) in [6, 6.07) is 4.09. The summed E-state index contributed by atoms with van der Waals surface area (Å²) in [6.45, 7) is 2.36. The molecule has 0 saturated carbocycles. The van der Waals surface area contributed by atoms with Crippen molar-refractivity contribution < 1.29 is 18.7 Å². The molecule has 1 aliphatic rings. The Morgan fingerprint density at radius 1 is 1.42 bits per heavy atom. The molecule has 0 spiro atoms. The second kappa shape index (κ2) is 6.49. The summed E-state index contributed by atoms with van der Waals surface area (Å²) >= 11 is 0. The molecule has 1 saturated heterocycles. The Labute approximate surface area is 111 Å². The van der Waals surface area contributed by atoms with E-state index in [0.717, 1.165) is 0 Å². The first-order chi connectivity index (χ1) is 9.20. The fraction of sp³-hybridized carbons (Fsp3) is 0.462. The average molecular weight is 268 g/mol. The molecule has 0 aromatic heterocycles.